The van der Waals surface area contributed by atoms with Gasteiger partial charge in [0.05, 0.1) is 5.52 Å². The summed E-state index contributed by atoms with van der Waals surface area (Å²) < 4.78 is 2.43. The summed E-state index contributed by atoms with van der Waals surface area (Å²) in [6.07, 6.45) is 0.976. The predicted octanol–water partition coefficient (Wildman–Crippen LogP) is 7.01. The first-order valence-electron chi connectivity index (χ1n) is 9.53. The molecular weight excluding hydrogens is 326 g/mol. The highest BCUT2D eigenvalue weighted by Gasteiger charge is 2.19. The minimum Gasteiger partial charge on any atom is -0.313 e. The molecule has 1 heteroatoms. The molecule has 5 rings (SSSR count). The number of nitrogens with zero attached hydrogens (tertiary/aromatic N) is 1. The average Bonchev–Trinajstić information content (AvgIpc) is 3.06. The molecular formula is C26H21N. The summed E-state index contributed by atoms with van der Waals surface area (Å²) in [6, 6.07) is 34.8. The van der Waals surface area contributed by atoms with Crippen LogP contribution in [0.4, 0.5) is 0 Å². The zero-order valence-corrected chi connectivity index (χ0v) is 15.4. The number of para-hydroxylation sites is 1. The quantitative estimate of drug-likeness (QED) is 0.331. The standard InChI is InChI=1S/C26H21N/c1-2-24-26(19-11-5-3-6-12-19)23-17-20-13-9-10-14-21(20)18-25(23)27(24)22-15-7-4-8-16-22/h3-18H,2H2,1H3. The van der Waals surface area contributed by atoms with Gasteiger partial charge in [0.2, 0.25) is 0 Å². The molecule has 0 fully saturated rings. The molecule has 1 nitrogen and oxygen atoms in total. The summed E-state index contributed by atoms with van der Waals surface area (Å²) in [7, 11) is 0. The van der Waals surface area contributed by atoms with Gasteiger partial charge in [-0.25, -0.2) is 0 Å². The summed E-state index contributed by atoms with van der Waals surface area (Å²) in [6.45, 7) is 2.25. The lowest BCUT2D eigenvalue weighted by molar-refractivity contribution is 0.963. The van der Waals surface area contributed by atoms with Crippen molar-refractivity contribution < 1.29 is 0 Å². The number of rotatable bonds is 3. The lowest BCUT2D eigenvalue weighted by Gasteiger charge is -2.11. The Morgan fingerprint density at radius 1 is 0.667 bits per heavy atom. The molecule has 0 spiro atoms. The van der Waals surface area contributed by atoms with Crippen LogP contribution >= 0.6 is 0 Å². The van der Waals surface area contributed by atoms with E-state index in [1.165, 1.54) is 44.2 Å². The first-order valence-corrected chi connectivity index (χ1v) is 9.53. The molecule has 1 heterocycles. The van der Waals surface area contributed by atoms with E-state index >= 15 is 0 Å². The fourth-order valence-electron chi connectivity index (χ4n) is 4.16. The Morgan fingerprint density at radius 3 is 1.93 bits per heavy atom. The van der Waals surface area contributed by atoms with Crippen LogP contribution in [-0.4, -0.2) is 4.57 Å². The number of benzene rings is 4. The summed E-state index contributed by atoms with van der Waals surface area (Å²) in [4.78, 5) is 0. The lowest BCUT2D eigenvalue weighted by atomic mass is 9.99. The van der Waals surface area contributed by atoms with E-state index in [-0.39, 0.29) is 0 Å². The molecule has 0 amide bonds. The summed E-state index contributed by atoms with van der Waals surface area (Å²) >= 11 is 0. The van der Waals surface area contributed by atoms with E-state index in [1.807, 2.05) is 0 Å². The maximum Gasteiger partial charge on any atom is 0.0544 e. The van der Waals surface area contributed by atoms with Crippen molar-refractivity contribution in [1.29, 1.82) is 0 Å². The molecule has 0 aliphatic rings. The molecule has 0 aliphatic heterocycles. The fraction of sp³-hybridized carbons (Fsp3) is 0.0769. The van der Waals surface area contributed by atoms with E-state index in [9.17, 15) is 0 Å². The maximum absolute atomic E-state index is 2.43. The molecule has 0 unspecified atom stereocenters. The Balaban J connectivity index is 1.97. The van der Waals surface area contributed by atoms with Gasteiger partial charge in [-0.3, -0.25) is 0 Å². The summed E-state index contributed by atoms with van der Waals surface area (Å²) in [5.74, 6) is 0. The van der Waals surface area contributed by atoms with Gasteiger partial charge in [0.1, 0.15) is 0 Å². The molecule has 130 valence electrons. The van der Waals surface area contributed by atoms with Crippen LogP contribution in [0.5, 0.6) is 0 Å². The van der Waals surface area contributed by atoms with Crippen molar-refractivity contribution in [3.8, 4) is 16.8 Å². The van der Waals surface area contributed by atoms with E-state index in [4.69, 9.17) is 0 Å². The van der Waals surface area contributed by atoms with E-state index < -0.39 is 0 Å². The molecule has 27 heavy (non-hydrogen) atoms. The summed E-state index contributed by atoms with van der Waals surface area (Å²) in [5.41, 5.74) is 6.48. The van der Waals surface area contributed by atoms with E-state index in [1.54, 1.807) is 0 Å². The number of hydrogen-bond acceptors (Lipinski definition) is 0. The highest BCUT2D eigenvalue weighted by molar-refractivity contribution is 6.06. The van der Waals surface area contributed by atoms with Gasteiger partial charge in [0, 0.05) is 22.3 Å². The Hall–Kier alpha value is -3.32. The van der Waals surface area contributed by atoms with Crippen molar-refractivity contribution in [2.75, 3.05) is 0 Å². The van der Waals surface area contributed by atoms with Crippen LogP contribution in [0.2, 0.25) is 0 Å². The van der Waals surface area contributed by atoms with Gasteiger partial charge in [-0.15, -0.1) is 0 Å². The van der Waals surface area contributed by atoms with Gasteiger partial charge in [-0.05, 0) is 47.0 Å². The highest BCUT2D eigenvalue weighted by atomic mass is 15.0. The number of fused-ring (bicyclic) bond motifs is 2. The average molecular weight is 347 g/mol. The van der Waals surface area contributed by atoms with Gasteiger partial charge in [-0.2, -0.15) is 0 Å². The second kappa shape index (κ2) is 6.44. The molecule has 0 bridgehead atoms. The smallest absolute Gasteiger partial charge is 0.0544 e. The molecule has 5 aromatic rings. The van der Waals surface area contributed by atoms with Crippen molar-refractivity contribution in [2.24, 2.45) is 0 Å². The zero-order valence-electron chi connectivity index (χ0n) is 15.4. The topological polar surface area (TPSA) is 4.93 Å². The van der Waals surface area contributed by atoms with Crippen molar-refractivity contribution in [1.82, 2.24) is 4.57 Å². The van der Waals surface area contributed by atoms with Gasteiger partial charge < -0.3 is 4.57 Å². The van der Waals surface area contributed by atoms with Crippen LogP contribution in [0.1, 0.15) is 12.6 Å². The summed E-state index contributed by atoms with van der Waals surface area (Å²) in [5, 5.41) is 3.89. The Morgan fingerprint density at radius 2 is 1.26 bits per heavy atom. The highest BCUT2D eigenvalue weighted by Crippen LogP contribution is 2.39. The van der Waals surface area contributed by atoms with E-state index in [2.05, 4.69) is 109 Å². The van der Waals surface area contributed by atoms with E-state index in [0.717, 1.165) is 6.42 Å². The number of aromatic nitrogens is 1. The third-order valence-corrected chi connectivity index (χ3v) is 5.34. The van der Waals surface area contributed by atoms with Crippen molar-refractivity contribution in [2.45, 2.75) is 13.3 Å². The van der Waals surface area contributed by atoms with Crippen LogP contribution in [0.3, 0.4) is 0 Å². The molecule has 0 aliphatic carbocycles. The van der Waals surface area contributed by atoms with Crippen LogP contribution in [0.25, 0.3) is 38.5 Å². The first-order chi connectivity index (χ1) is 13.4. The zero-order chi connectivity index (χ0) is 18.2. The van der Waals surface area contributed by atoms with Gasteiger partial charge in [0.15, 0.2) is 0 Å². The molecule has 1 aromatic heterocycles. The molecule has 0 radical (unpaired) electrons. The molecule has 0 atom stereocenters. The Labute approximate surface area is 159 Å². The maximum atomic E-state index is 2.43. The Kier molecular flexibility index (Phi) is 3.79. The van der Waals surface area contributed by atoms with E-state index in [0.29, 0.717) is 0 Å². The number of hydrogen-bond donors (Lipinski definition) is 0. The van der Waals surface area contributed by atoms with Gasteiger partial charge in [-0.1, -0.05) is 79.7 Å². The molecule has 0 saturated heterocycles. The monoisotopic (exact) mass is 347 g/mol. The van der Waals surface area contributed by atoms with Crippen molar-refractivity contribution in [3.05, 3.63) is 103 Å². The minimum atomic E-state index is 0.976. The van der Waals surface area contributed by atoms with Gasteiger partial charge >= 0.3 is 0 Å². The lowest BCUT2D eigenvalue weighted by Crippen LogP contribution is -1.99. The van der Waals surface area contributed by atoms with Gasteiger partial charge in [0.25, 0.3) is 0 Å². The largest absolute Gasteiger partial charge is 0.313 e. The second-order valence-electron chi connectivity index (χ2n) is 6.93. The van der Waals surface area contributed by atoms with Crippen molar-refractivity contribution >= 4 is 21.7 Å². The predicted molar refractivity (Wildman–Crippen MR) is 116 cm³/mol. The molecule has 4 aromatic carbocycles. The van der Waals surface area contributed by atoms with Crippen LogP contribution < -0.4 is 0 Å². The second-order valence-corrected chi connectivity index (χ2v) is 6.93. The fourth-order valence-corrected chi connectivity index (χ4v) is 4.16. The Bertz CT molecular complexity index is 1140. The van der Waals surface area contributed by atoms with Crippen LogP contribution in [-0.2, 0) is 6.42 Å². The first kappa shape index (κ1) is 15.9. The van der Waals surface area contributed by atoms with Crippen LogP contribution in [0.15, 0.2) is 97.1 Å². The third kappa shape index (κ3) is 2.55. The molecule has 0 saturated carbocycles. The minimum absolute atomic E-state index is 0.976. The van der Waals surface area contributed by atoms with Crippen molar-refractivity contribution in [3.63, 3.8) is 0 Å². The SMILES string of the molecule is CCc1c(-c2ccccc2)c2cc3ccccc3cc2n1-c1ccccc1. The van der Waals surface area contributed by atoms with Crippen LogP contribution in [0, 0.1) is 0 Å². The third-order valence-electron chi connectivity index (χ3n) is 5.34. The molecule has 0 N–H and O–H groups in total. The normalized spacial score (nSPS) is 11.3.